The third kappa shape index (κ3) is 5.28. The molecule has 0 heterocycles. The first-order valence-corrected chi connectivity index (χ1v) is 8.64. The van der Waals surface area contributed by atoms with Crippen molar-refractivity contribution in [1.82, 2.24) is 5.32 Å². The second kappa shape index (κ2) is 9.18. The Labute approximate surface area is 125 Å². The van der Waals surface area contributed by atoms with Crippen molar-refractivity contribution in [2.45, 2.75) is 58.3 Å². The maximum absolute atomic E-state index is 3.66. The zero-order valence-electron chi connectivity index (χ0n) is 13.1. The Morgan fingerprint density at radius 2 is 1.90 bits per heavy atom. The van der Waals surface area contributed by atoms with Gasteiger partial charge in [-0.2, -0.15) is 0 Å². The number of rotatable bonds is 9. The minimum Gasteiger partial charge on any atom is -0.316 e. The van der Waals surface area contributed by atoms with Crippen LogP contribution in [0.2, 0.25) is 0 Å². The van der Waals surface area contributed by atoms with Crippen LogP contribution in [0.3, 0.4) is 0 Å². The zero-order chi connectivity index (χ0) is 14.0. The van der Waals surface area contributed by atoms with Gasteiger partial charge in [0.15, 0.2) is 0 Å². The van der Waals surface area contributed by atoms with Gasteiger partial charge in [0.05, 0.1) is 0 Å². The Bertz CT molecular complexity index is 340. The first-order chi connectivity index (χ1) is 9.90. The van der Waals surface area contributed by atoms with E-state index in [9.17, 15) is 0 Å². The number of hydrogen-bond acceptors (Lipinski definition) is 1. The summed E-state index contributed by atoms with van der Waals surface area (Å²) in [5.74, 6) is 1.91. The highest BCUT2D eigenvalue weighted by Crippen LogP contribution is 2.33. The Morgan fingerprint density at radius 3 is 2.60 bits per heavy atom. The maximum Gasteiger partial charge on any atom is -0.00179 e. The van der Waals surface area contributed by atoms with Crippen molar-refractivity contribution >= 4 is 0 Å². The summed E-state index contributed by atoms with van der Waals surface area (Å²) < 4.78 is 0. The number of hydrogen-bond donors (Lipinski definition) is 1. The van der Waals surface area contributed by atoms with E-state index in [4.69, 9.17) is 0 Å². The molecule has 1 saturated carbocycles. The fourth-order valence-electron chi connectivity index (χ4n) is 3.61. The van der Waals surface area contributed by atoms with Crippen LogP contribution >= 0.6 is 0 Å². The number of nitrogens with one attached hydrogen (secondary N) is 1. The lowest BCUT2D eigenvalue weighted by atomic mass is 9.86. The quantitative estimate of drug-likeness (QED) is 0.636. The molecular weight excluding hydrogens is 242 g/mol. The standard InChI is InChI=1S/C19H31N/c1-2-15-20-16-19(18-12-6-7-13-18)14-8-11-17-9-4-3-5-10-17/h3-5,9-10,18-20H,2,6-8,11-16H2,1H3. The second-order valence-electron chi connectivity index (χ2n) is 6.39. The normalized spacial score (nSPS) is 17.4. The molecule has 0 aliphatic heterocycles. The molecule has 0 radical (unpaired) electrons. The lowest BCUT2D eigenvalue weighted by molar-refractivity contribution is 0.299. The van der Waals surface area contributed by atoms with Crippen molar-refractivity contribution in [2.75, 3.05) is 13.1 Å². The minimum atomic E-state index is 0.910. The fraction of sp³-hybridized carbons (Fsp3) is 0.684. The summed E-state index contributed by atoms with van der Waals surface area (Å²) in [7, 11) is 0. The molecule has 1 aliphatic carbocycles. The van der Waals surface area contributed by atoms with Gasteiger partial charge in [-0.05, 0) is 56.2 Å². The molecule has 0 spiro atoms. The van der Waals surface area contributed by atoms with Crippen LogP contribution in [-0.4, -0.2) is 13.1 Å². The van der Waals surface area contributed by atoms with Crippen molar-refractivity contribution in [2.24, 2.45) is 11.8 Å². The highest BCUT2D eigenvalue weighted by Gasteiger charge is 2.24. The van der Waals surface area contributed by atoms with Gasteiger partial charge < -0.3 is 5.32 Å². The van der Waals surface area contributed by atoms with E-state index in [2.05, 4.69) is 42.6 Å². The van der Waals surface area contributed by atoms with Crippen molar-refractivity contribution < 1.29 is 0 Å². The lowest BCUT2D eigenvalue weighted by Crippen LogP contribution is -2.28. The van der Waals surface area contributed by atoms with Gasteiger partial charge >= 0.3 is 0 Å². The second-order valence-corrected chi connectivity index (χ2v) is 6.39. The molecule has 0 bridgehead atoms. The van der Waals surface area contributed by atoms with E-state index in [0.29, 0.717) is 0 Å². The van der Waals surface area contributed by atoms with Crippen molar-refractivity contribution in [3.8, 4) is 0 Å². The van der Waals surface area contributed by atoms with E-state index in [1.807, 2.05) is 0 Å². The number of aryl methyl sites for hydroxylation is 1. The molecule has 1 unspecified atom stereocenters. The molecule has 1 nitrogen and oxygen atoms in total. The smallest absolute Gasteiger partial charge is 0.00179 e. The van der Waals surface area contributed by atoms with Crippen LogP contribution in [-0.2, 0) is 6.42 Å². The summed E-state index contributed by atoms with van der Waals surface area (Å²) >= 11 is 0. The van der Waals surface area contributed by atoms with Gasteiger partial charge in [-0.3, -0.25) is 0 Å². The maximum atomic E-state index is 3.66. The topological polar surface area (TPSA) is 12.0 Å². The zero-order valence-corrected chi connectivity index (χ0v) is 13.1. The van der Waals surface area contributed by atoms with E-state index in [0.717, 1.165) is 11.8 Å². The van der Waals surface area contributed by atoms with Crippen molar-refractivity contribution in [3.63, 3.8) is 0 Å². The molecule has 1 aliphatic rings. The predicted octanol–water partition coefficient (Wildman–Crippen LogP) is 4.82. The molecule has 1 N–H and O–H groups in total. The van der Waals surface area contributed by atoms with E-state index in [1.54, 1.807) is 0 Å². The minimum absolute atomic E-state index is 0.910. The summed E-state index contributed by atoms with van der Waals surface area (Å²) in [6, 6.07) is 11.0. The summed E-state index contributed by atoms with van der Waals surface area (Å²) in [5, 5.41) is 3.66. The first-order valence-electron chi connectivity index (χ1n) is 8.64. The Hall–Kier alpha value is -0.820. The predicted molar refractivity (Wildman–Crippen MR) is 88.0 cm³/mol. The lowest BCUT2D eigenvalue weighted by Gasteiger charge is -2.24. The SMILES string of the molecule is CCCNCC(CCCc1ccccc1)C1CCCC1. The van der Waals surface area contributed by atoms with Crippen LogP contribution in [0.25, 0.3) is 0 Å². The van der Waals surface area contributed by atoms with Gasteiger partial charge in [0, 0.05) is 0 Å². The molecule has 112 valence electrons. The summed E-state index contributed by atoms with van der Waals surface area (Å²) in [4.78, 5) is 0. The summed E-state index contributed by atoms with van der Waals surface area (Å²) in [5.41, 5.74) is 1.50. The van der Waals surface area contributed by atoms with Gasteiger partial charge in [-0.1, -0.05) is 62.9 Å². The first kappa shape index (κ1) is 15.6. The molecule has 1 atom stereocenters. The Kier molecular flexibility index (Phi) is 7.14. The Balaban J connectivity index is 1.74. The van der Waals surface area contributed by atoms with Gasteiger partial charge in [0.25, 0.3) is 0 Å². The molecule has 0 saturated heterocycles. The van der Waals surface area contributed by atoms with Crippen molar-refractivity contribution in [3.05, 3.63) is 35.9 Å². The fourth-order valence-corrected chi connectivity index (χ4v) is 3.61. The van der Waals surface area contributed by atoms with Crippen LogP contribution in [0.1, 0.15) is 57.4 Å². The molecule has 1 heteroatoms. The highest BCUT2D eigenvalue weighted by atomic mass is 14.9. The summed E-state index contributed by atoms with van der Waals surface area (Å²) in [6.07, 6.45) is 11.1. The average molecular weight is 273 g/mol. The molecule has 1 aromatic rings. The van der Waals surface area contributed by atoms with Crippen LogP contribution in [0, 0.1) is 11.8 Å². The van der Waals surface area contributed by atoms with E-state index < -0.39 is 0 Å². The highest BCUT2D eigenvalue weighted by molar-refractivity contribution is 5.14. The third-order valence-corrected chi connectivity index (χ3v) is 4.78. The molecule has 1 fully saturated rings. The van der Waals surface area contributed by atoms with E-state index in [-0.39, 0.29) is 0 Å². The van der Waals surface area contributed by atoms with E-state index >= 15 is 0 Å². The van der Waals surface area contributed by atoms with Crippen LogP contribution in [0.4, 0.5) is 0 Å². The molecular formula is C19H31N. The van der Waals surface area contributed by atoms with Crippen LogP contribution in [0.15, 0.2) is 30.3 Å². The third-order valence-electron chi connectivity index (χ3n) is 4.78. The van der Waals surface area contributed by atoms with Gasteiger partial charge in [-0.25, -0.2) is 0 Å². The van der Waals surface area contributed by atoms with E-state index in [1.165, 1.54) is 70.0 Å². The molecule has 0 aromatic heterocycles. The summed E-state index contributed by atoms with van der Waals surface area (Å²) in [6.45, 7) is 4.68. The molecule has 2 rings (SSSR count). The average Bonchev–Trinajstić information content (AvgIpc) is 3.01. The largest absolute Gasteiger partial charge is 0.316 e. The van der Waals surface area contributed by atoms with Crippen molar-refractivity contribution in [1.29, 1.82) is 0 Å². The van der Waals surface area contributed by atoms with Crippen LogP contribution < -0.4 is 5.32 Å². The van der Waals surface area contributed by atoms with Crippen LogP contribution in [0.5, 0.6) is 0 Å². The Morgan fingerprint density at radius 1 is 1.15 bits per heavy atom. The molecule has 1 aromatic carbocycles. The molecule has 20 heavy (non-hydrogen) atoms. The number of benzene rings is 1. The van der Waals surface area contributed by atoms with Gasteiger partial charge in [0.1, 0.15) is 0 Å². The van der Waals surface area contributed by atoms with Gasteiger partial charge in [-0.15, -0.1) is 0 Å². The monoisotopic (exact) mass is 273 g/mol. The van der Waals surface area contributed by atoms with Gasteiger partial charge in [0.2, 0.25) is 0 Å². The molecule has 0 amide bonds.